The first kappa shape index (κ1) is 12.7. The van der Waals surface area contributed by atoms with Crippen molar-refractivity contribution in [3.63, 3.8) is 0 Å². The number of carbonyl (C=O) groups is 1. The molecule has 0 fully saturated rings. The third-order valence-electron chi connectivity index (χ3n) is 2.39. The summed E-state index contributed by atoms with van der Waals surface area (Å²) in [5, 5.41) is 0.935. The lowest BCUT2D eigenvalue weighted by atomic mass is 10.2. The van der Waals surface area contributed by atoms with Crippen LogP contribution in [0.2, 0.25) is 0 Å². The van der Waals surface area contributed by atoms with Crippen LogP contribution in [0.3, 0.4) is 0 Å². The Morgan fingerprint density at radius 1 is 1.33 bits per heavy atom. The molecule has 2 heterocycles. The van der Waals surface area contributed by atoms with Gasteiger partial charge in [-0.05, 0) is 25.5 Å². The first-order valence-corrected chi connectivity index (χ1v) is 6.65. The molecule has 0 saturated carbocycles. The van der Waals surface area contributed by atoms with Crippen LogP contribution in [-0.4, -0.2) is 22.5 Å². The average molecular weight is 262 g/mol. The van der Waals surface area contributed by atoms with Crippen LogP contribution >= 0.6 is 11.3 Å². The molecule has 2 aromatic rings. The van der Waals surface area contributed by atoms with E-state index in [9.17, 15) is 4.79 Å². The van der Waals surface area contributed by atoms with E-state index in [0.29, 0.717) is 17.2 Å². The van der Waals surface area contributed by atoms with Gasteiger partial charge in [0.2, 0.25) is 0 Å². The molecule has 5 heteroatoms. The fraction of sp³-hybridized carbons (Fsp3) is 0.308. The van der Waals surface area contributed by atoms with Gasteiger partial charge in [-0.1, -0.05) is 6.92 Å². The Bertz CT molecular complexity index is 537. The molecule has 0 N–H and O–H groups in total. The van der Waals surface area contributed by atoms with Crippen LogP contribution in [0.1, 0.15) is 28.5 Å². The van der Waals surface area contributed by atoms with Gasteiger partial charge in [0.05, 0.1) is 17.3 Å². The van der Waals surface area contributed by atoms with Crippen molar-refractivity contribution in [2.24, 2.45) is 0 Å². The Kier molecular flexibility index (Phi) is 4.04. The Morgan fingerprint density at radius 3 is 2.67 bits per heavy atom. The fourth-order valence-electron chi connectivity index (χ4n) is 1.56. The lowest BCUT2D eigenvalue weighted by Crippen LogP contribution is -2.03. The number of rotatable bonds is 4. The molecule has 0 aliphatic heterocycles. The predicted octanol–water partition coefficient (Wildman–Crippen LogP) is 2.94. The van der Waals surface area contributed by atoms with E-state index in [1.165, 1.54) is 11.3 Å². The second-order valence-electron chi connectivity index (χ2n) is 3.60. The quantitative estimate of drug-likeness (QED) is 0.795. The highest BCUT2D eigenvalue weighted by atomic mass is 32.1. The molecular formula is C13H14N2O2S. The third kappa shape index (κ3) is 2.56. The lowest BCUT2D eigenvalue weighted by molar-refractivity contribution is 0.0532. The number of aryl methyl sites for hydroxylation is 1. The van der Waals surface area contributed by atoms with Gasteiger partial charge in [-0.25, -0.2) is 9.78 Å². The molecule has 0 unspecified atom stereocenters. The number of esters is 1. The number of thiazole rings is 1. The third-order valence-corrected chi connectivity index (χ3v) is 3.57. The highest BCUT2D eigenvalue weighted by molar-refractivity contribution is 7.14. The van der Waals surface area contributed by atoms with Crippen molar-refractivity contribution >= 4 is 17.3 Å². The van der Waals surface area contributed by atoms with E-state index >= 15 is 0 Å². The van der Waals surface area contributed by atoms with Gasteiger partial charge in [-0.2, -0.15) is 0 Å². The summed E-state index contributed by atoms with van der Waals surface area (Å²) < 4.78 is 5.06. The maximum atomic E-state index is 11.9. The average Bonchev–Trinajstić information content (AvgIpc) is 2.84. The van der Waals surface area contributed by atoms with Gasteiger partial charge < -0.3 is 4.74 Å². The minimum atomic E-state index is -0.304. The van der Waals surface area contributed by atoms with Crippen LogP contribution in [0, 0.1) is 0 Å². The van der Waals surface area contributed by atoms with Crippen molar-refractivity contribution in [2.75, 3.05) is 6.61 Å². The smallest absolute Gasteiger partial charge is 0.350 e. The van der Waals surface area contributed by atoms with Crippen molar-refractivity contribution in [3.8, 4) is 11.3 Å². The maximum Gasteiger partial charge on any atom is 0.350 e. The second-order valence-corrected chi connectivity index (χ2v) is 4.68. The largest absolute Gasteiger partial charge is 0.462 e. The zero-order chi connectivity index (χ0) is 13.0. The van der Waals surface area contributed by atoms with Gasteiger partial charge in [0.1, 0.15) is 4.88 Å². The van der Waals surface area contributed by atoms with Crippen molar-refractivity contribution in [3.05, 3.63) is 34.4 Å². The molecule has 0 bridgehead atoms. The number of hydrogen-bond donors (Lipinski definition) is 0. The molecule has 0 aliphatic rings. The van der Waals surface area contributed by atoms with E-state index in [4.69, 9.17) is 4.74 Å². The molecule has 0 saturated heterocycles. The van der Waals surface area contributed by atoms with Crippen LogP contribution in [0.25, 0.3) is 11.3 Å². The molecule has 0 aliphatic carbocycles. The van der Waals surface area contributed by atoms with Crippen LogP contribution in [0.15, 0.2) is 24.5 Å². The van der Waals surface area contributed by atoms with Gasteiger partial charge >= 0.3 is 5.97 Å². The van der Waals surface area contributed by atoms with Crippen molar-refractivity contribution in [1.82, 2.24) is 9.97 Å². The van der Waals surface area contributed by atoms with Crippen LogP contribution in [0.4, 0.5) is 0 Å². The molecule has 2 aromatic heterocycles. The topological polar surface area (TPSA) is 52.1 Å². The predicted molar refractivity (Wildman–Crippen MR) is 70.7 cm³/mol. The molecule has 0 aromatic carbocycles. The minimum absolute atomic E-state index is 0.304. The van der Waals surface area contributed by atoms with E-state index in [-0.39, 0.29) is 5.97 Å². The van der Waals surface area contributed by atoms with E-state index in [2.05, 4.69) is 9.97 Å². The summed E-state index contributed by atoms with van der Waals surface area (Å²) in [7, 11) is 0. The Hall–Kier alpha value is -1.75. The van der Waals surface area contributed by atoms with E-state index in [1.54, 1.807) is 19.3 Å². The molecular weight excluding hydrogens is 248 g/mol. The number of ether oxygens (including phenoxy) is 1. The molecule has 94 valence electrons. The maximum absolute atomic E-state index is 11.9. The lowest BCUT2D eigenvalue weighted by Gasteiger charge is -2.01. The Morgan fingerprint density at radius 2 is 2.06 bits per heavy atom. The highest BCUT2D eigenvalue weighted by Crippen LogP contribution is 2.28. The summed E-state index contributed by atoms with van der Waals surface area (Å²) in [5.74, 6) is -0.304. The monoisotopic (exact) mass is 262 g/mol. The fourth-order valence-corrected chi connectivity index (χ4v) is 2.48. The second kappa shape index (κ2) is 5.73. The van der Waals surface area contributed by atoms with Gasteiger partial charge in [-0.3, -0.25) is 4.98 Å². The Balaban J connectivity index is 2.45. The van der Waals surface area contributed by atoms with Crippen LogP contribution < -0.4 is 0 Å². The van der Waals surface area contributed by atoms with Gasteiger partial charge in [0.15, 0.2) is 0 Å². The molecule has 0 spiro atoms. The van der Waals surface area contributed by atoms with Crippen molar-refractivity contribution in [1.29, 1.82) is 0 Å². The molecule has 4 nitrogen and oxygen atoms in total. The molecule has 0 atom stereocenters. The number of carbonyl (C=O) groups excluding carboxylic acids is 1. The summed E-state index contributed by atoms with van der Waals surface area (Å²) in [6, 6.07) is 3.69. The molecule has 2 rings (SSSR count). The summed E-state index contributed by atoms with van der Waals surface area (Å²) in [6.45, 7) is 4.18. The van der Waals surface area contributed by atoms with Crippen molar-refractivity contribution in [2.45, 2.75) is 20.3 Å². The SMILES string of the molecule is CCOC(=O)c1sc(CC)nc1-c1ccncc1. The first-order chi connectivity index (χ1) is 8.76. The highest BCUT2D eigenvalue weighted by Gasteiger charge is 2.19. The van der Waals surface area contributed by atoms with Gasteiger partial charge in [0, 0.05) is 18.0 Å². The van der Waals surface area contributed by atoms with Gasteiger partial charge in [0.25, 0.3) is 0 Å². The normalized spacial score (nSPS) is 10.3. The Labute approximate surface area is 110 Å². The molecule has 18 heavy (non-hydrogen) atoms. The van der Waals surface area contributed by atoms with Crippen molar-refractivity contribution < 1.29 is 9.53 Å². The van der Waals surface area contributed by atoms with E-state index < -0.39 is 0 Å². The summed E-state index contributed by atoms with van der Waals surface area (Å²) in [4.78, 5) is 20.9. The molecule has 0 amide bonds. The zero-order valence-electron chi connectivity index (χ0n) is 10.3. The summed E-state index contributed by atoms with van der Waals surface area (Å²) in [6.07, 6.45) is 4.19. The van der Waals surface area contributed by atoms with E-state index in [1.807, 2.05) is 19.1 Å². The zero-order valence-corrected chi connectivity index (χ0v) is 11.2. The standard InChI is InChI=1S/C13H14N2O2S/c1-3-10-15-11(9-5-7-14-8-6-9)12(18-10)13(16)17-4-2/h5-8H,3-4H2,1-2H3. The number of hydrogen-bond acceptors (Lipinski definition) is 5. The van der Waals surface area contributed by atoms with E-state index in [0.717, 1.165) is 17.0 Å². The van der Waals surface area contributed by atoms with Crippen LogP contribution in [-0.2, 0) is 11.2 Å². The minimum Gasteiger partial charge on any atom is -0.462 e. The number of aromatic nitrogens is 2. The number of pyridine rings is 1. The number of nitrogens with zero attached hydrogens (tertiary/aromatic N) is 2. The summed E-state index contributed by atoms with van der Waals surface area (Å²) >= 11 is 1.40. The van der Waals surface area contributed by atoms with Crippen LogP contribution in [0.5, 0.6) is 0 Å². The summed E-state index contributed by atoms with van der Waals surface area (Å²) in [5.41, 5.74) is 1.58. The molecule has 0 radical (unpaired) electrons. The van der Waals surface area contributed by atoms with Gasteiger partial charge in [-0.15, -0.1) is 11.3 Å². The first-order valence-electron chi connectivity index (χ1n) is 5.83.